The molecule has 5 nitrogen and oxygen atoms in total. The molecular formula is C15H26N4O. The number of carbonyl (C=O) groups excluding carboxylic acids is 1. The molecule has 0 aromatic carbocycles. The number of amides is 1. The third kappa shape index (κ3) is 3.20. The third-order valence-corrected chi connectivity index (χ3v) is 4.10. The summed E-state index contributed by atoms with van der Waals surface area (Å²) < 4.78 is 1.88. The number of nitrogens with two attached hydrogens (primary N) is 1. The normalized spacial score (nSPS) is 18.3. The lowest BCUT2D eigenvalue weighted by molar-refractivity contribution is 0.0582. The molecule has 0 bridgehead atoms. The summed E-state index contributed by atoms with van der Waals surface area (Å²) >= 11 is 0. The van der Waals surface area contributed by atoms with Gasteiger partial charge in [-0.3, -0.25) is 9.48 Å². The molecule has 1 aliphatic heterocycles. The Morgan fingerprint density at radius 2 is 2.25 bits per heavy atom. The van der Waals surface area contributed by atoms with Crippen molar-refractivity contribution in [3.63, 3.8) is 0 Å². The summed E-state index contributed by atoms with van der Waals surface area (Å²) in [5.41, 5.74) is 7.43. The van der Waals surface area contributed by atoms with Crippen molar-refractivity contribution in [2.45, 2.75) is 46.6 Å². The van der Waals surface area contributed by atoms with E-state index >= 15 is 0 Å². The fourth-order valence-corrected chi connectivity index (χ4v) is 2.89. The minimum absolute atomic E-state index is 0.120. The zero-order chi connectivity index (χ0) is 14.8. The quantitative estimate of drug-likeness (QED) is 0.913. The topological polar surface area (TPSA) is 64.2 Å². The lowest BCUT2D eigenvalue weighted by atomic mass is 9.84. The summed E-state index contributed by atoms with van der Waals surface area (Å²) in [6.07, 6.45) is 4.85. The minimum Gasteiger partial charge on any atom is -0.338 e. The van der Waals surface area contributed by atoms with Gasteiger partial charge in [-0.15, -0.1) is 0 Å². The van der Waals surface area contributed by atoms with Crippen LogP contribution in [0.1, 0.15) is 49.2 Å². The van der Waals surface area contributed by atoms with Crippen molar-refractivity contribution >= 4 is 5.91 Å². The summed E-state index contributed by atoms with van der Waals surface area (Å²) in [6, 6.07) is 0. The standard InChI is InChI=1S/C15H26N4O/c1-12-13(10-17-19(12)9-5-7-16)14(20)18-8-4-6-15(2,3)11-18/h10H,4-9,11,16H2,1-3H3. The van der Waals surface area contributed by atoms with E-state index in [4.69, 9.17) is 5.73 Å². The number of rotatable bonds is 4. The van der Waals surface area contributed by atoms with E-state index in [1.165, 1.54) is 6.42 Å². The second-order valence-electron chi connectivity index (χ2n) is 6.50. The van der Waals surface area contributed by atoms with Crippen LogP contribution in [0.5, 0.6) is 0 Å². The number of nitrogens with zero attached hydrogens (tertiary/aromatic N) is 3. The molecule has 0 aliphatic carbocycles. The van der Waals surface area contributed by atoms with E-state index in [-0.39, 0.29) is 11.3 Å². The Kier molecular flexibility index (Phi) is 4.48. The van der Waals surface area contributed by atoms with Gasteiger partial charge in [0.05, 0.1) is 11.8 Å². The molecule has 1 fully saturated rings. The van der Waals surface area contributed by atoms with Crippen molar-refractivity contribution in [1.29, 1.82) is 0 Å². The molecule has 112 valence electrons. The van der Waals surface area contributed by atoms with Crippen molar-refractivity contribution in [3.05, 3.63) is 17.5 Å². The first-order valence-electron chi connectivity index (χ1n) is 7.46. The number of aromatic nitrogens is 2. The molecule has 2 heterocycles. The Morgan fingerprint density at radius 3 is 2.90 bits per heavy atom. The summed E-state index contributed by atoms with van der Waals surface area (Å²) in [7, 11) is 0. The van der Waals surface area contributed by atoms with Gasteiger partial charge in [0.1, 0.15) is 0 Å². The van der Waals surface area contributed by atoms with Crippen LogP contribution in [-0.4, -0.2) is 40.2 Å². The Bertz CT molecular complexity index is 478. The lowest BCUT2D eigenvalue weighted by Gasteiger charge is -2.38. The summed E-state index contributed by atoms with van der Waals surface area (Å²) in [5, 5.41) is 4.32. The first-order chi connectivity index (χ1) is 9.44. The van der Waals surface area contributed by atoms with Crippen molar-refractivity contribution in [3.8, 4) is 0 Å². The Morgan fingerprint density at radius 1 is 1.50 bits per heavy atom. The minimum atomic E-state index is 0.120. The van der Waals surface area contributed by atoms with Gasteiger partial charge in [0.25, 0.3) is 5.91 Å². The fourth-order valence-electron chi connectivity index (χ4n) is 2.89. The molecule has 1 aromatic heterocycles. The number of likely N-dealkylation sites (tertiary alicyclic amines) is 1. The fraction of sp³-hybridized carbons (Fsp3) is 0.733. The Balaban J connectivity index is 2.11. The molecular weight excluding hydrogens is 252 g/mol. The van der Waals surface area contributed by atoms with Crippen LogP contribution in [0.25, 0.3) is 0 Å². The van der Waals surface area contributed by atoms with E-state index in [0.29, 0.717) is 6.54 Å². The van der Waals surface area contributed by atoms with Gasteiger partial charge in [-0.2, -0.15) is 5.10 Å². The summed E-state index contributed by atoms with van der Waals surface area (Å²) in [6.45, 7) is 9.53. The SMILES string of the molecule is Cc1c(C(=O)N2CCCC(C)(C)C2)cnn1CCCN. The number of hydrogen-bond donors (Lipinski definition) is 1. The molecule has 0 saturated carbocycles. The third-order valence-electron chi connectivity index (χ3n) is 4.10. The van der Waals surface area contributed by atoms with Gasteiger partial charge in [-0.1, -0.05) is 13.8 Å². The highest BCUT2D eigenvalue weighted by Gasteiger charge is 2.30. The van der Waals surface area contributed by atoms with Gasteiger partial charge in [0, 0.05) is 25.3 Å². The van der Waals surface area contributed by atoms with E-state index in [9.17, 15) is 4.79 Å². The van der Waals surface area contributed by atoms with Gasteiger partial charge in [-0.25, -0.2) is 0 Å². The maximum Gasteiger partial charge on any atom is 0.257 e. The van der Waals surface area contributed by atoms with Crippen molar-refractivity contribution < 1.29 is 4.79 Å². The average Bonchev–Trinajstić information content (AvgIpc) is 2.75. The first kappa shape index (κ1) is 15.0. The van der Waals surface area contributed by atoms with Crippen LogP contribution in [0.4, 0.5) is 0 Å². The van der Waals surface area contributed by atoms with Crippen molar-refractivity contribution in [1.82, 2.24) is 14.7 Å². The Labute approximate surface area is 121 Å². The number of carbonyl (C=O) groups is 1. The molecule has 0 unspecified atom stereocenters. The highest BCUT2D eigenvalue weighted by atomic mass is 16.2. The average molecular weight is 278 g/mol. The molecule has 0 spiro atoms. The summed E-state index contributed by atoms with van der Waals surface area (Å²) in [5.74, 6) is 0.120. The second kappa shape index (κ2) is 5.95. The van der Waals surface area contributed by atoms with Crippen LogP contribution in [0, 0.1) is 12.3 Å². The van der Waals surface area contributed by atoms with E-state index in [1.807, 2.05) is 16.5 Å². The molecule has 1 saturated heterocycles. The molecule has 1 aromatic rings. The van der Waals surface area contributed by atoms with E-state index in [2.05, 4.69) is 18.9 Å². The number of hydrogen-bond acceptors (Lipinski definition) is 3. The molecule has 20 heavy (non-hydrogen) atoms. The molecule has 1 aliphatic rings. The maximum absolute atomic E-state index is 12.6. The van der Waals surface area contributed by atoms with Gasteiger partial charge in [-0.05, 0) is 38.1 Å². The van der Waals surface area contributed by atoms with E-state index in [1.54, 1.807) is 6.20 Å². The lowest BCUT2D eigenvalue weighted by Crippen LogP contribution is -2.43. The zero-order valence-electron chi connectivity index (χ0n) is 12.9. The molecule has 5 heteroatoms. The van der Waals surface area contributed by atoms with Crippen molar-refractivity contribution in [2.24, 2.45) is 11.1 Å². The molecule has 0 atom stereocenters. The smallest absolute Gasteiger partial charge is 0.257 e. The highest BCUT2D eigenvalue weighted by molar-refractivity contribution is 5.95. The van der Waals surface area contributed by atoms with Crippen LogP contribution >= 0.6 is 0 Å². The predicted molar refractivity (Wildman–Crippen MR) is 79.6 cm³/mol. The number of piperidine rings is 1. The molecule has 2 rings (SSSR count). The largest absolute Gasteiger partial charge is 0.338 e. The van der Waals surface area contributed by atoms with E-state index < -0.39 is 0 Å². The first-order valence-corrected chi connectivity index (χ1v) is 7.46. The monoisotopic (exact) mass is 278 g/mol. The van der Waals surface area contributed by atoms with E-state index in [0.717, 1.165) is 43.7 Å². The predicted octanol–water partition coefficient (Wildman–Crippen LogP) is 1.80. The van der Waals surface area contributed by atoms with Gasteiger partial charge in [0.2, 0.25) is 0 Å². The van der Waals surface area contributed by atoms with Crippen LogP contribution in [0.3, 0.4) is 0 Å². The highest BCUT2D eigenvalue weighted by Crippen LogP contribution is 2.29. The zero-order valence-corrected chi connectivity index (χ0v) is 12.9. The Hall–Kier alpha value is -1.36. The summed E-state index contributed by atoms with van der Waals surface area (Å²) in [4.78, 5) is 14.6. The van der Waals surface area contributed by atoms with Gasteiger partial charge >= 0.3 is 0 Å². The van der Waals surface area contributed by atoms with Gasteiger partial charge < -0.3 is 10.6 Å². The molecule has 2 N–H and O–H groups in total. The number of aryl methyl sites for hydroxylation is 1. The second-order valence-corrected chi connectivity index (χ2v) is 6.50. The van der Waals surface area contributed by atoms with Crippen LogP contribution < -0.4 is 5.73 Å². The molecule has 0 radical (unpaired) electrons. The van der Waals surface area contributed by atoms with Crippen LogP contribution in [0.2, 0.25) is 0 Å². The molecule has 1 amide bonds. The van der Waals surface area contributed by atoms with Crippen LogP contribution in [-0.2, 0) is 6.54 Å². The van der Waals surface area contributed by atoms with Gasteiger partial charge in [0.15, 0.2) is 0 Å². The van der Waals surface area contributed by atoms with Crippen molar-refractivity contribution in [2.75, 3.05) is 19.6 Å². The maximum atomic E-state index is 12.6. The van der Waals surface area contributed by atoms with Crippen LogP contribution in [0.15, 0.2) is 6.20 Å².